The van der Waals surface area contributed by atoms with E-state index in [1.807, 2.05) is 25.1 Å². The van der Waals surface area contributed by atoms with Crippen molar-refractivity contribution in [3.05, 3.63) is 41.2 Å². The first-order chi connectivity index (χ1) is 9.19. The summed E-state index contributed by atoms with van der Waals surface area (Å²) in [5, 5.41) is 3.74. The summed E-state index contributed by atoms with van der Waals surface area (Å²) in [5.74, 6) is 1.82. The van der Waals surface area contributed by atoms with Crippen LogP contribution in [0.4, 0.5) is 5.82 Å². The third kappa shape index (κ3) is 3.83. The fourth-order valence-electron chi connectivity index (χ4n) is 1.55. The molecule has 0 aliphatic heterocycles. The second kappa shape index (κ2) is 6.38. The normalized spacial score (nSPS) is 10.3. The summed E-state index contributed by atoms with van der Waals surface area (Å²) in [6.45, 7) is 4.94. The van der Waals surface area contributed by atoms with E-state index < -0.39 is 0 Å². The summed E-state index contributed by atoms with van der Waals surface area (Å²) in [5.41, 5.74) is 1.08. The van der Waals surface area contributed by atoms with Crippen LogP contribution in [-0.4, -0.2) is 16.5 Å². The van der Waals surface area contributed by atoms with Crippen LogP contribution in [0.25, 0.3) is 0 Å². The van der Waals surface area contributed by atoms with E-state index in [1.54, 1.807) is 6.07 Å². The largest absolute Gasteiger partial charge is 0.437 e. The zero-order chi connectivity index (χ0) is 13.7. The number of halogens is 1. The van der Waals surface area contributed by atoms with Crippen molar-refractivity contribution in [1.82, 2.24) is 9.97 Å². The van der Waals surface area contributed by atoms with Crippen molar-refractivity contribution in [2.75, 3.05) is 11.9 Å². The molecule has 2 rings (SSSR count). The Hall–Kier alpha value is -1.81. The summed E-state index contributed by atoms with van der Waals surface area (Å²) in [4.78, 5) is 8.20. The van der Waals surface area contributed by atoms with Gasteiger partial charge in [0.15, 0.2) is 0 Å². The molecule has 1 aromatic carbocycles. The van der Waals surface area contributed by atoms with Crippen molar-refractivity contribution in [2.45, 2.75) is 20.3 Å². The summed E-state index contributed by atoms with van der Waals surface area (Å²) >= 11 is 6.09. The van der Waals surface area contributed by atoms with Gasteiger partial charge in [-0.3, -0.25) is 0 Å². The minimum atomic E-state index is 0.473. The highest BCUT2D eigenvalue weighted by Crippen LogP contribution is 2.29. The molecular formula is C14H16ClN3O. The summed E-state index contributed by atoms with van der Waals surface area (Å²) in [6.07, 6.45) is 2.50. The molecule has 1 heterocycles. The smallest absolute Gasteiger partial charge is 0.224 e. The van der Waals surface area contributed by atoms with Crippen LogP contribution in [0.15, 0.2) is 30.6 Å². The van der Waals surface area contributed by atoms with Gasteiger partial charge in [0.25, 0.3) is 0 Å². The number of hydrogen-bond acceptors (Lipinski definition) is 4. The van der Waals surface area contributed by atoms with Crippen LogP contribution < -0.4 is 10.1 Å². The van der Waals surface area contributed by atoms with Crippen LogP contribution in [0.3, 0.4) is 0 Å². The Morgan fingerprint density at radius 3 is 2.89 bits per heavy atom. The number of ether oxygens (including phenoxy) is 1. The molecule has 0 unspecified atom stereocenters. The first kappa shape index (κ1) is 13.6. The molecule has 1 aromatic heterocycles. The summed E-state index contributed by atoms with van der Waals surface area (Å²) in [6, 6.07) is 7.38. The molecule has 2 aromatic rings. The molecule has 0 amide bonds. The van der Waals surface area contributed by atoms with Gasteiger partial charge >= 0.3 is 0 Å². The lowest BCUT2D eigenvalue weighted by molar-refractivity contribution is 0.461. The molecular weight excluding hydrogens is 262 g/mol. The third-order valence-corrected chi connectivity index (χ3v) is 2.81. The van der Waals surface area contributed by atoms with E-state index in [9.17, 15) is 0 Å². The highest BCUT2D eigenvalue weighted by atomic mass is 35.5. The second-order valence-electron chi connectivity index (χ2n) is 4.20. The van der Waals surface area contributed by atoms with Gasteiger partial charge in [-0.1, -0.05) is 24.6 Å². The minimum absolute atomic E-state index is 0.473. The second-order valence-corrected chi connectivity index (χ2v) is 4.61. The molecule has 0 atom stereocenters. The van der Waals surface area contributed by atoms with E-state index in [0.717, 1.165) is 24.3 Å². The topological polar surface area (TPSA) is 47.0 Å². The lowest BCUT2D eigenvalue weighted by Crippen LogP contribution is -2.02. The van der Waals surface area contributed by atoms with Crippen molar-refractivity contribution in [3.8, 4) is 11.6 Å². The Labute approximate surface area is 117 Å². The molecule has 19 heavy (non-hydrogen) atoms. The summed E-state index contributed by atoms with van der Waals surface area (Å²) in [7, 11) is 0. The molecule has 5 heteroatoms. The average Bonchev–Trinajstić information content (AvgIpc) is 2.41. The molecule has 0 radical (unpaired) electrons. The molecule has 4 nitrogen and oxygen atoms in total. The maximum atomic E-state index is 6.09. The highest BCUT2D eigenvalue weighted by Gasteiger charge is 2.05. The van der Waals surface area contributed by atoms with Gasteiger partial charge in [0, 0.05) is 12.6 Å². The Morgan fingerprint density at radius 1 is 1.26 bits per heavy atom. The predicted octanol–water partition coefficient (Wildman–Crippen LogP) is 4.05. The van der Waals surface area contributed by atoms with Gasteiger partial charge in [0.1, 0.15) is 17.9 Å². The number of rotatable bonds is 5. The van der Waals surface area contributed by atoms with E-state index >= 15 is 0 Å². The van der Waals surface area contributed by atoms with Gasteiger partial charge in [0.2, 0.25) is 5.88 Å². The monoisotopic (exact) mass is 277 g/mol. The Balaban J connectivity index is 2.16. The maximum Gasteiger partial charge on any atom is 0.224 e. The van der Waals surface area contributed by atoms with Crippen molar-refractivity contribution >= 4 is 17.4 Å². The van der Waals surface area contributed by atoms with Crippen molar-refractivity contribution in [1.29, 1.82) is 0 Å². The van der Waals surface area contributed by atoms with E-state index in [-0.39, 0.29) is 0 Å². The average molecular weight is 278 g/mol. The van der Waals surface area contributed by atoms with E-state index in [0.29, 0.717) is 16.7 Å². The maximum absolute atomic E-state index is 6.09. The number of nitrogens with one attached hydrogen (secondary N) is 1. The fraction of sp³-hybridized carbons (Fsp3) is 0.286. The van der Waals surface area contributed by atoms with Gasteiger partial charge in [0.05, 0.1) is 5.02 Å². The first-order valence-corrected chi connectivity index (χ1v) is 6.56. The van der Waals surface area contributed by atoms with Gasteiger partial charge in [-0.05, 0) is 31.0 Å². The Morgan fingerprint density at radius 2 is 2.11 bits per heavy atom. The SMILES string of the molecule is CCCNc1cc(Oc2cc(C)ccc2Cl)ncn1. The zero-order valence-electron chi connectivity index (χ0n) is 11.0. The molecule has 100 valence electrons. The van der Waals surface area contributed by atoms with Crippen LogP contribution in [0.1, 0.15) is 18.9 Å². The molecule has 0 fully saturated rings. The standard InChI is InChI=1S/C14H16ClN3O/c1-3-6-16-13-8-14(18-9-17-13)19-12-7-10(2)4-5-11(12)15/h4-5,7-9H,3,6H2,1-2H3,(H,16,17,18). The van der Waals surface area contributed by atoms with Crippen LogP contribution in [0.5, 0.6) is 11.6 Å². The zero-order valence-corrected chi connectivity index (χ0v) is 11.7. The molecule has 0 bridgehead atoms. The molecule has 0 aliphatic carbocycles. The molecule has 1 N–H and O–H groups in total. The summed E-state index contributed by atoms with van der Waals surface area (Å²) < 4.78 is 5.69. The Bertz CT molecular complexity index is 560. The number of hydrogen-bond donors (Lipinski definition) is 1. The fourth-order valence-corrected chi connectivity index (χ4v) is 1.70. The molecule has 0 spiro atoms. The lowest BCUT2D eigenvalue weighted by atomic mass is 10.2. The van der Waals surface area contributed by atoms with Crippen molar-refractivity contribution < 1.29 is 4.74 Å². The number of aryl methyl sites for hydroxylation is 1. The minimum Gasteiger partial charge on any atom is -0.437 e. The quantitative estimate of drug-likeness (QED) is 0.895. The van der Waals surface area contributed by atoms with Crippen molar-refractivity contribution in [2.24, 2.45) is 0 Å². The van der Waals surface area contributed by atoms with Crippen LogP contribution >= 0.6 is 11.6 Å². The van der Waals surface area contributed by atoms with Gasteiger partial charge < -0.3 is 10.1 Å². The highest BCUT2D eigenvalue weighted by molar-refractivity contribution is 6.32. The van der Waals surface area contributed by atoms with Crippen LogP contribution in [-0.2, 0) is 0 Å². The predicted molar refractivity (Wildman–Crippen MR) is 77.1 cm³/mol. The van der Waals surface area contributed by atoms with E-state index in [2.05, 4.69) is 22.2 Å². The number of anilines is 1. The first-order valence-electron chi connectivity index (χ1n) is 6.19. The molecule has 0 saturated heterocycles. The van der Waals surface area contributed by atoms with Crippen molar-refractivity contribution in [3.63, 3.8) is 0 Å². The van der Waals surface area contributed by atoms with E-state index in [4.69, 9.17) is 16.3 Å². The Kier molecular flexibility index (Phi) is 4.58. The third-order valence-electron chi connectivity index (χ3n) is 2.50. The number of aromatic nitrogens is 2. The lowest BCUT2D eigenvalue weighted by Gasteiger charge is -2.09. The van der Waals surface area contributed by atoms with E-state index in [1.165, 1.54) is 6.33 Å². The number of nitrogens with zero attached hydrogens (tertiary/aromatic N) is 2. The van der Waals surface area contributed by atoms with Gasteiger partial charge in [-0.2, -0.15) is 0 Å². The van der Waals surface area contributed by atoms with Gasteiger partial charge in [-0.15, -0.1) is 0 Å². The van der Waals surface area contributed by atoms with Crippen LogP contribution in [0.2, 0.25) is 5.02 Å². The molecule has 0 aliphatic rings. The number of benzene rings is 1. The molecule has 0 saturated carbocycles. The van der Waals surface area contributed by atoms with Gasteiger partial charge in [-0.25, -0.2) is 9.97 Å². The van der Waals surface area contributed by atoms with Crippen LogP contribution in [0, 0.1) is 6.92 Å².